The molecule has 0 N–H and O–H groups in total. The van der Waals surface area contributed by atoms with E-state index in [0.29, 0.717) is 17.4 Å². The van der Waals surface area contributed by atoms with Crippen LogP contribution in [0.1, 0.15) is 12.0 Å². The largest absolute Gasteiger partial charge is 0.377 e. The summed E-state index contributed by atoms with van der Waals surface area (Å²) in [5, 5.41) is 0. The van der Waals surface area contributed by atoms with Crippen LogP contribution in [-0.4, -0.2) is 26.9 Å². The molecule has 0 aliphatic carbocycles. The third kappa shape index (κ3) is 3.76. The first-order valence-electron chi connectivity index (χ1n) is 7.57. The number of rotatable bonds is 5. The van der Waals surface area contributed by atoms with Gasteiger partial charge in [-0.1, -0.05) is 48.5 Å². The average molecular weight is 316 g/mol. The van der Waals surface area contributed by atoms with Gasteiger partial charge < -0.3 is 4.74 Å². The molecule has 0 radical (unpaired) electrons. The zero-order valence-corrected chi connectivity index (χ0v) is 13.2. The van der Waals surface area contributed by atoms with Crippen molar-refractivity contribution in [3.63, 3.8) is 0 Å². The van der Waals surface area contributed by atoms with Gasteiger partial charge in [0.05, 0.1) is 23.4 Å². The molecule has 0 amide bonds. The van der Waals surface area contributed by atoms with Gasteiger partial charge in [0.1, 0.15) is 0 Å². The SMILES string of the molecule is O=S(=O)(C[C@H]1C[C@@H](Cc2ccccc2)CO1)c1ccccc1. The van der Waals surface area contributed by atoms with Crippen LogP contribution in [0.5, 0.6) is 0 Å². The van der Waals surface area contributed by atoms with Gasteiger partial charge >= 0.3 is 0 Å². The third-order valence-electron chi connectivity index (χ3n) is 4.04. The van der Waals surface area contributed by atoms with Crippen LogP contribution in [0.2, 0.25) is 0 Å². The first-order chi connectivity index (χ1) is 10.6. The molecule has 2 aromatic rings. The van der Waals surface area contributed by atoms with Gasteiger partial charge in [0.2, 0.25) is 0 Å². The Kier molecular flexibility index (Phi) is 4.60. The Bertz CT molecular complexity index is 696. The summed E-state index contributed by atoms with van der Waals surface area (Å²) in [6.07, 6.45) is 1.56. The summed E-state index contributed by atoms with van der Waals surface area (Å²) in [6.45, 7) is 0.643. The lowest BCUT2D eigenvalue weighted by Gasteiger charge is -2.10. The fraction of sp³-hybridized carbons (Fsp3) is 0.333. The van der Waals surface area contributed by atoms with Crippen molar-refractivity contribution in [2.45, 2.75) is 23.8 Å². The minimum atomic E-state index is -3.26. The van der Waals surface area contributed by atoms with Crippen molar-refractivity contribution in [2.24, 2.45) is 5.92 Å². The molecule has 0 unspecified atom stereocenters. The summed E-state index contributed by atoms with van der Waals surface area (Å²) < 4.78 is 30.5. The van der Waals surface area contributed by atoms with Gasteiger partial charge in [0.15, 0.2) is 9.84 Å². The van der Waals surface area contributed by atoms with E-state index in [2.05, 4.69) is 12.1 Å². The highest BCUT2D eigenvalue weighted by molar-refractivity contribution is 7.91. The minimum absolute atomic E-state index is 0.0717. The molecule has 0 aromatic heterocycles. The van der Waals surface area contributed by atoms with Crippen LogP contribution in [0.15, 0.2) is 65.6 Å². The van der Waals surface area contributed by atoms with Crippen LogP contribution in [-0.2, 0) is 21.0 Å². The number of benzene rings is 2. The molecule has 1 aliphatic rings. The van der Waals surface area contributed by atoms with Crippen LogP contribution < -0.4 is 0 Å². The first-order valence-corrected chi connectivity index (χ1v) is 9.22. The fourth-order valence-electron chi connectivity index (χ4n) is 2.95. The average Bonchev–Trinajstić information content (AvgIpc) is 2.95. The van der Waals surface area contributed by atoms with E-state index in [1.54, 1.807) is 24.3 Å². The number of ether oxygens (including phenoxy) is 1. The summed E-state index contributed by atoms with van der Waals surface area (Å²) in [4.78, 5) is 0.380. The molecule has 1 fully saturated rings. The van der Waals surface area contributed by atoms with Gasteiger partial charge in [-0.05, 0) is 36.5 Å². The first kappa shape index (κ1) is 15.3. The van der Waals surface area contributed by atoms with Gasteiger partial charge in [-0.3, -0.25) is 0 Å². The Hall–Kier alpha value is -1.65. The number of hydrogen-bond donors (Lipinski definition) is 0. The van der Waals surface area contributed by atoms with Crippen LogP contribution >= 0.6 is 0 Å². The van der Waals surface area contributed by atoms with Crippen molar-refractivity contribution < 1.29 is 13.2 Å². The number of hydrogen-bond acceptors (Lipinski definition) is 3. The molecule has 0 spiro atoms. The van der Waals surface area contributed by atoms with Crippen molar-refractivity contribution >= 4 is 9.84 Å². The van der Waals surface area contributed by atoms with Gasteiger partial charge in [0, 0.05) is 0 Å². The highest BCUT2D eigenvalue weighted by Gasteiger charge is 2.30. The van der Waals surface area contributed by atoms with Crippen LogP contribution in [0.4, 0.5) is 0 Å². The fourth-order valence-corrected chi connectivity index (χ4v) is 4.44. The lowest BCUT2D eigenvalue weighted by molar-refractivity contribution is 0.122. The second-order valence-electron chi connectivity index (χ2n) is 5.84. The zero-order valence-electron chi connectivity index (χ0n) is 12.4. The molecule has 3 nitrogen and oxygen atoms in total. The van der Waals surface area contributed by atoms with Crippen molar-refractivity contribution in [3.8, 4) is 0 Å². The monoisotopic (exact) mass is 316 g/mol. The predicted molar refractivity (Wildman–Crippen MR) is 86.5 cm³/mol. The third-order valence-corrected chi connectivity index (χ3v) is 5.84. The predicted octanol–water partition coefficient (Wildman–Crippen LogP) is 3.11. The smallest absolute Gasteiger partial charge is 0.180 e. The summed E-state index contributed by atoms with van der Waals surface area (Å²) in [7, 11) is -3.26. The highest BCUT2D eigenvalue weighted by Crippen LogP contribution is 2.26. The lowest BCUT2D eigenvalue weighted by Crippen LogP contribution is -2.20. The second-order valence-corrected chi connectivity index (χ2v) is 7.88. The molecule has 4 heteroatoms. The van der Waals surface area contributed by atoms with Crippen LogP contribution in [0, 0.1) is 5.92 Å². The highest BCUT2D eigenvalue weighted by atomic mass is 32.2. The second kappa shape index (κ2) is 6.63. The molecule has 0 bridgehead atoms. The maximum Gasteiger partial charge on any atom is 0.180 e. The summed E-state index contributed by atoms with van der Waals surface area (Å²) in [5.41, 5.74) is 1.28. The van der Waals surface area contributed by atoms with E-state index < -0.39 is 9.84 Å². The maximum absolute atomic E-state index is 12.4. The van der Waals surface area contributed by atoms with Gasteiger partial charge in [0.25, 0.3) is 0 Å². The molecule has 1 heterocycles. The molecule has 1 aliphatic heterocycles. The van der Waals surface area contributed by atoms with Gasteiger partial charge in [-0.15, -0.1) is 0 Å². The van der Waals surface area contributed by atoms with E-state index in [-0.39, 0.29) is 11.9 Å². The zero-order chi connectivity index (χ0) is 15.4. The van der Waals surface area contributed by atoms with Crippen LogP contribution in [0.25, 0.3) is 0 Å². The van der Waals surface area contributed by atoms with Crippen molar-refractivity contribution in [1.29, 1.82) is 0 Å². The van der Waals surface area contributed by atoms with Crippen molar-refractivity contribution in [2.75, 3.05) is 12.4 Å². The molecular weight excluding hydrogens is 296 g/mol. The molecule has 0 saturated carbocycles. The molecule has 2 aromatic carbocycles. The van der Waals surface area contributed by atoms with Crippen molar-refractivity contribution in [1.82, 2.24) is 0 Å². The topological polar surface area (TPSA) is 43.4 Å². The molecule has 2 atom stereocenters. The standard InChI is InChI=1S/C18H20O3S/c19-22(20,18-9-5-2-6-10-18)14-17-12-16(13-21-17)11-15-7-3-1-4-8-15/h1-10,16-17H,11-14H2/t16-,17-/m1/s1. The van der Waals surface area contributed by atoms with E-state index in [1.165, 1.54) is 5.56 Å². The lowest BCUT2D eigenvalue weighted by atomic mass is 9.97. The Labute approximate surface area is 131 Å². The normalized spacial score (nSPS) is 21.8. The Balaban J connectivity index is 1.59. The minimum Gasteiger partial charge on any atom is -0.377 e. The van der Waals surface area contributed by atoms with E-state index in [4.69, 9.17) is 4.74 Å². The van der Waals surface area contributed by atoms with E-state index in [9.17, 15) is 8.42 Å². The summed E-state index contributed by atoms with van der Waals surface area (Å²) >= 11 is 0. The Morgan fingerprint density at radius 1 is 0.955 bits per heavy atom. The van der Waals surface area contributed by atoms with E-state index in [1.807, 2.05) is 24.3 Å². The molecule has 22 heavy (non-hydrogen) atoms. The molecule has 3 rings (SSSR count). The number of sulfone groups is 1. The maximum atomic E-state index is 12.4. The quantitative estimate of drug-likeness (QED) is 0.851. The Morgan fingerprint density at radius 2 is 1.59 bits per heavy atom. The summed E-state index contributed by atoms with van der Waals surface area (Å²) in [5.74, 6) is 0.473. The van der Waals surface area contributed by atoms with Crippen molar-refractivity contribution in [3.05, 3.63) is 66.2 Å². The Morgan fingerprint density at radius 3 is 2.27 bits per heavy atom. The summed E-state index contributed by atoms with van der Waals surface area (Å²) in [6, 6.07) is 18.9. The van der Waals surface area contributed by atoms with E-state index >= 15 is 0 Å². The molecule has 116 valence electrons. The van der Waals surface area contributed by atoms with Crippen LogP contribution in [0.3, 0.4) is 0 Å². The molecule has 1 saturated heterocycles. The van der Waals surface area contributed by atoms with Gasteiger partial charge in [-0.25, -0.2) is 8.42 Å². The molecular formula is C18H20O3S. The van der Waals surface area contributed by atoms with Gasteiger partial charge in [-0.2, -0.15) is 0 Å². The van der Waals surface area contributed by atoms with E-state index in [0.717, 1.165) is 12.8 Å².